The molecule has 0 saturated heterocycles. The lowest BCUT2D eigenvalue weighted by Gasteiger charge is -2.07. The maximum atomic E-state index is 5.64. The second-order valence-electron chi connectivity index (χ2n) is 4.69. The molecule has 0 bridgehead atoms. The Morgan fingerprint density at radius 1 is 1.05 bits per heavy atom. The van der Waals surface area contributed by atoms with Crippen LogP contribution in [0, 0.1) is 0 Å². The molecular formula is C14H18N4S. The fraction of sp³-hybridized carbons (Fsp3) is 0.286. The van der Waals surface area contributed by atoms with Gasteiger partial charge in [-0.25, -0.2) is 9.97 Å². The zero-order chi connectivity index (χ0) is 13.8. The van der Waals surface area contributed by atoms with Crippen LogP contribution in [0.5, 0.6) is 0 Å². The smallest absolute Gasteiger partial charge is 0.191 e. The fourth-order valence-corrected chi connectivity index (χ4v) is 2.50. The standard InChI is InChI=1S/C14H18N4S/c1-9(2)11-5-3-10(4-6-11)8-19-14-17-12(15)7-13(16)18-14/h3-7,9H,8H2,1-2H3,(H4,15,16,17,18). The molecule has 2 aromatic rings. The Morgan fingerprint density at radius 3 is 2.16 bits per heavy atom. The number of nitrogens with two attached hydrogens (primary N) is 2. The van der Waals surface area contributed by atoms with E-state index in [-0.39, 0.29) is 0 Å². The molecule has 0 unspecified atom stereocenters. The minimum absolute atomic E-state index is 0.408. The summed E-state index contributed by atoms with van der Waals surface area (Å²) in [6.07, 6.45) is 0. The van der Waals surface area contributed by atoms with E-state index in [9.17, 15) is 0 Å². The van der Waals surface area contributed by atoms with Crippen LogP contribution < -0.4 is 11.5 Å². The molecular weight excluding hydrogens is 256 g/mol. The Hall–Kier alpha value is -1.75. The molecule has 0 saturated carbocycles. The highest BCUT2D eigenvalue weighted by molar-refractivity contribution is 7.98. The monoisotopic (exact) mass is 274 g/mol. The Labute approximate surface area is 117 Å². The Balaban J connectivity index is 2.02. The molecule has 4 nitrogen and oxygen atoms in total. The number of hydrogen-bond acceptors (Lipinski definition) is 5. The Morgan fingerprint density at radius 2 is 1.63 bits per heavy atom. The van der Waals surface area contributed by atoms with Crippen LogP contribution in [0.4, 0.5) is 11.6 Å². The summed E-state index contributed by atoms with van der Waals surface area (Å²) < 4.78 is 0. The van der Waals surface area contributed by atoms with Crippen LogP contribution >= 0.6 is 11.8 Å². The number of aromatic nitrogens is 2. The van der Waals surface area contributed by atoms with Crippen molar-refractivity contribution in [2.45, 2.75) is 30.7 Å². The lowest BCUT2D eigenvalue weighted by molar-refractivity contribution is 0.866. The van der Waals surface area contributed by atoms with Gasteiger partial charge in [0.1, 0.15) is 11.6 Å². The highest BCUT2D eigenvalue weighted by Gasteiger charge is 2.03. The van der Waals surface area contributed by atoms with Crippen LogP contribution in [0.2, 0.25) is 0 Å². The number of nitrogen functional groups attached to an aromatic ring is 2. The van der Waals surface area contributed by atoms with Crippen LogP contribution in [-0.2, 0) is 5.75 Å². The van der Waals surface area contributed by atoms with Crippen LogP contribution in [0.25, 0.3) is 0 Å². The molecule has 100 valence electrons. The van der Waals surface area contributed by atoms with Crippen LogP contribution in [0.1, 0.15) is 30.9 Å². The number of hydrogen-bond donors (Lipinski definition) is 2. The number of anilines is 2. The highest BCUT2D eigenvalue weighted by atomic mass is 32.2. The van der Waals surface area contributed by atoms with Gasteiger partial charge in [-0.1, -0.05) is 49.9 Å². The number of benzene rings is 1. The maximum Gasteiger partial charge on any atom is 0.191 e. The molecule has 1 heterocycles. The topological polar surface area (TPSA) is 77.8 Å². The van der Waals surface area contributed by atoms with Crippen molar-refractivity contribution in [3.63, 3.8) is 0 Å². The van der Waals surface area contributed by atoms with E-state index >= 15 is 0 Å². The predicted molar refractivity (Wildman–Crippen MR) is 80.9 cm³/mol. The second kappa shape index (κ2) is 5.93. The van der Waals surface area contributed by atoms with Gasteiger partial charge in [0.25, 0.3) is 0 Å². The molecule has 0 aliphatic rings. The summed E-state index contributed by atoms with van der Waals surface area (Å²) in [6.45, 7) is 4.38. The number of thioether (sulfide) groups is 1. The van der Waals surface area contributed by atoms with E-state index in [2.05, 4.69) is 48.1 Å². The molecule has 2 rings (SSSR count). The van der Waals surface area contributed by atoms with E-state index in [4.69, 9.17) is 11.5 Å². The van der Waals surface area contributed by atoms with E-state index in [1.165, 1.54) is 22.9 Å². The van der Waals surface area contributed by atoms with Crippen LogP contribution in [0.3, 0.4) is 0 Å². The first-order valence-electron chi connectivity index (χ1n) is 6.16. The predicted octanol–water partition coefficient (Wildman–Crippen LogP) is 3.06. The average Bonchev–Trinajstić information content (AvgIpc) is 2.36. The van der Waals surface area contributed by atoms with Crippen molar-refractivity contribution in [2.24, 2.45) is 0 Å². The van der Waals surface area contributed by atoms with Crippen molar-refractivity contribution in [2.75, 3.05) is 11.5 Å². The van der Waals surface area contributed by atoms with Gasteiger partial charge >= 0.3 is 0 Å². The summed E-state index contributed by atoms with van der Waals surface area (Å²) in [5.41, 5.74) is 13.9. The third kappa shape index (κ3) is 3.86. The summed E-state index contributed by atoms with van der Waals surface area (Å²) in [4.78, 5) is 8.29. The van der Waals surface area contributed by atoms with E-state index in [1.807, 2.05) is 0 Å². The molecule has 5 heteroatoms. The Bertz CT molecular complexity index is 532. The molecule has 0 aliphatic heterocycles. The Kier molecular flexibility index (Phi) is 4.27. The summed E-state index contributed by atoms with van der Waals surface area (Å²) in [7, 11) is 0. The number of nitrogens with zero attached hydrogens (tertiary/aromatic N) is 2. The van der Waals surface area contributed by atoms with E-state index < -0.39 is 0 Å². The molecule has 0 fully saturated rings. The van der Waals surface area contributed by atoms with Crippen molar-refractivity contribution >= 4 is 23.4 Å². The SMILES string of the molecule is CC(C)c1ccc(CSc2nc(N)cc(N)n2)cc1. The average molecular weight is 274 g/mol. The van der Waals surface area contributed by atoms with Crippen LogP contribution in [-0.4, -0.2) is 9.97 Å². The van der Waals surface area contributed by atoms with Crippen molar-refractivity contribution in [3.8, 4) is 0 Å². The molecule has 0 radical (unpaired) electrons. The molecule has 0 atom stereocenters. The van der Waals surface area contributed by atoms with Gasteiger partial charge in [0, 0.05) is 11.8 Å². The molecule has 0 spiro atoms. The van der Waals surface area contributed by atoms with Gasteiger partial charge in [-0.2, -0.15) is 0 Å². The molecule has 4 N–H and O–H groups in total. The van der Waals surface area contributed by atoms with Gasteiger partial charge in [0.2, 0.25) is 0 Å². The number of rotatable bonds is 4. The minimum Gasteiger partial charge on any atom is -0.383 e. The van der Waals surface area contributed by atoms with Gasteiger partial charge in [0.15, 0.2) is 5.16 Å². The van der Waals surface area contributed by atoms with Crippen molar-refractivity contribution in [3.05, 3.63) is 41.5 Å². The summed E-state index contributed by atoms with van der Waals surface area (Å²) in [5.74, 6) is 2.18. The zero-order valence-corrected chi connectivity index (χ0v) is 11.9. The third-order valence-corrected chi connectivity index (χ3v) is 3.68. The third-order valence-electron chi connectivity index (χ3n) is 2.76. The highest BCUT2D eigenvalue weighted by Crippen LogP contribution is 2.22. The van der Waals surface area contributed by atoms with Crippen molar-refractivity contribution in [1.82, 2.24) is 9.97 Å². The van der Waals surface area contributed by atoms with Crippen LogP contribution in [0.15, 0.2) is 35.5 Å². The molecule has 1 aromatic heterocycles. The summed E-state index contributed by atoms with van der Waals surface area (Å²) in [5, 5.41) is 0.616. The zero-order valence-electron chi connectivity index (χ0n) is 11.1. The first kappa shape index (κ1) is 13.7. The van der Waals surface area contributed by atoms with Gasteiger partial charge < -0.3 is 11.5 Å². The lowest BCUT2D eigenvalue weighted by Crippen LogP contribution is -1.99. The molecule has 19 heavy (non-hydrogen) atoms. The maximum absolute atomic E-state index is 5.64. The first-order valence-corrected chi connectivity index (χ1v) is 7.15. The normalized spacial score (nSPS) is 10.9. The summed E-state index contributed by atoms with van der Waals surface area (Å²) >= 11 is 1.53. The van der Waals surface area contributed by atoms with Gasteiger partial charge in [-0.15, -0.1) is 0 Å². The largest absolute Gasteiger partial charge is 0.383 e. The van der Waals surface area contributed by atoms with E-state index in [0.29, 0.717) is 22.7 Å². The quantitative estimate of drug-likeness (QED) is 0.662. The molecule has 1 aromatic carbocycles. The molecule has 0 amide bonds. The summed E-state index contributed by atoms with van der Waals surface area (Å²) in [6, 6.07) is 10.2. The van der Waals surface area contributed by atoms with Gasteiger partial charge in [-0.3, -0.25) is 0 Å². The van der Waals surface area contributed by atoms with E-state index in [0.717, 1.165) is 5.75 Å². The van der Waals surface area contributed by atoms with E-state index in [1.54, 1.807) is 6.07 Å². The van der Waals surface area contributed by atoms with Crippen molar-refractivity contribution in [1.29, 1.82) is 0 Å². The first-order chi connectivity index (χ1) is 9.04. The molecule has 0 aliphatic carbocycles. The fourth-order valence-electron chi connectivity index (χ4n) is 1.67. The lowest BCUT2D eigenvalue weighted by atomic mass is 10.0. The second-order valence-corrected chi connectivity index (χ2v) is 5.63. The van der Waals surface area contributed by atoms with Gasteiger partial charge in [0.05, 0.1) is 0 Å². The minimum atomic E-state index is 0.408. The van der Waals surface area contributed by atoms with Crippen molar-refractivity contribution < 1.29 is 0 Å². The van der Waals surface area contributed by atoms with Gasteiger partial charge in [-0.05, 0) is 17.0 Å².